The Kier molecular flexibility index (Phi) is 4.43. The van der Waals surface area contributed by atoms with Gasteiger partial charge in [-0.25, -0.2) is 4.98 Å². The highest BCUT2D eigenvalue weighted by Crippen LogP contribution is 2.05. The molecule has 0 unspecified atom stereocenters. The summed E-state index contributed by atoms with van der Waals surface area (Å²) in [5.41, 5.74) is 0.251. The fraction of sp³-hybridized carbons (Fsp3) is 0.364. The zero-order valence-electron chi connectivity index (χ0n) is 9.16. The first-order valence-corrected chi connectivity index (χ1v) is 5.31. The Morgan fingerprint density at radius 2 is 2.12 bits per heavy atom. The van der Waals surface area contributed by atoms with Crippen LogP contribution < -0.4 is 5.32 Å². The van der Waals surface area contributed by atoms with Crippen LogP contribution in [0.1, 0.15) is 24.3 Å². The van der Waals surface area contributed by atoms with Crippen molar-refractivity contribution in [3.63, 3.8) is 0 Å². The van der Waals surface area contributed by atoms with E-state index in [4.69, 9.17) is 11.6 Å². The number of hydrogen-bond donors (Lipinski definition) is 1. The van der Waals surface area contributed by atoms with E-state index in [2.05, 4.69) is 10.3 Å². The summed E-state index contributed by atoms with van der Waals surface area (Å²) in [4.78, 5) is 26.6. The fourth-order valence-corrected chi connectivity index (χ4v) is 1.08. The van der Waals surface area contributed by atoms with Crippen molar-refractivity contribution in [3.05, 3.63) is 29.0 Å². The molecule has 1 heterocycles. The van der Waals surface area contributed by atoms with Crippen molar-refractivity contribution in [3.8, 4) is 0 Å². The van der Waals surface area contributed by atoms with E-state index in [0.29, 0.717) is 5.02 Å². The Balaban J connectivity index is 2.53. The van der Waals surface area contributed by atoms with Gasteiger partial charge in [0.2, 0.25) is 0 Å². The highest BCUT2D eigenvalue weighted by molar-refractivity contribution is 6.30. The van der Waals surface area contributed by atoms with Crippen molar-refractivity contribution in [2.75, 3.05) is 6.54 Å². The van der Waals surface area contributed by atoms with Crippen molar-refractivity contribution >= 4 is 23.3 Å². The average Bonchev–Trinajstić information content (AvgIpc) is 2.26. The molecule has 0 aromatic carbocycles. The molecule has 0 fully saturated rings. The van der Waals surface area contributed by atoms with Gasteiger partial charge in [-0.1, -0.05) is 25.4 Å². The predicted molar refractivity (Wildman–Crippen MR) is 61.4 cm³/mol. The van der Waals surface area contributed by atoms with Crippen molar-refractivity contribution < 1.29 is 9.59 Å². The van der Waals surface area contributed by atoms with E-state index in [0.717, 1.165) is 0 Å². The molecule has 0 radical (unpaired) electrons. The molecule has 1 amide bonds. The van der Waals surface area contributed by atoms with Gasteiger partial charge < -0.3 is 5.32 Å². The third-order valence-corrected chi connectivity index (χ3v) is 2.25. The van der Waals surface area contributed by atoms with Crippen LogP contribution in [-0.2, 0) is 4.79 Å². The number of aromatic nitrogens is 1. The molecule has 1 rings (SSSR count). The van der Waals surface area contributed by atoms with Gasteiger partial charge in [0.15, 0.2) is 5.78 Å². The van der Waals surface area contributed by atoms with Crippen LogP contribution in [0, 0.1) is 5.92 Å². The van der Waals surface area contributed by atoms with Crippen molar-refractivity contribution in [1.82, 2.24) is 10.3 Å². The molecule has 0 aliphatic rings. The summed E-state index contributed by atoms with van der Waals surface area (Å²) in [5.74, 6) is -0.466. The lowest BCUT2D eigenvalue weighted by Crippen LogP contribution is -2.31. The van der Waals surface area contributed by atoms with E-state index in [9.17, 15) is 9.59 Å². The molecule has 86 valence electrons. The Bertz CT molecular complexity index is 387. The second-order valence-electron chi connectivity index (χ2n) is 3.67. The van der Waals surface area contributed by atoms with Crippen LogP contribution in [0.25, 0.3) is 0 Å². The quantitative estimate of drug-likeness (QED) is 0.871. The Labute approximate surface area is 99.0 Å². The number of carbonyl (C=O) groups is 2. The Morgan fingerprint density at radius 3 is 2.62 bits per heavy atom. The third kappa shape index (κ3) is 3.62. The Hall–Kier alpha value is -1.42. The summed E-state index contributed by atoms with van der Waals surface area (Å²) in [7, 11) is 0. The lowest BCUT2D eigenvalue weighted by atomic mass is 10.1. The van der Waals surface area contributed by atoms with Crippen LogP contribution in [-0.4, -0.2) is 23.2 Å². The number of Topliss-reactive ketones (excluding diaryl/α,β-unsaturated/α-hetero) is 1. The maximum absolute atomic E-state index is 11.5. The molecule has 0 spiro atoms. The topological polar surface area (TPSA) is 59.1 Å². The zero-order valence-corrected chi connectivity index (χ0v) is 9.91. The molecule has 5 heteroatoms. The van der Waals surface area contributed by atoms with Crippen molar-refractivity contribution in [1.29, 1.82) is 0 Å². The van der Waals surface area contributed by atoms with Crippen LogP contribution in [0.4, 0.5) is 0 Å². The predicted octanol–water partition coefficient (Wildman–Crippen LogP) is 1.69. The molecule has 16 heavy (non-hydrogen) atoms. The number of hydrogen-bond acceptors (Lipinski definition) is 3. The second-order valence-corrected chi connectivity index (χ2v) is 4.10. The fourth-order valence-electron chi connectivity index (χ4n) is 0.972. The van der Waals surface area contributed by atoms with Gasteiger partial charge in [-0.05, 0) is 12.1 Å². The van der Waals surface area contributed by atoms with Gasteiger partial charge in [-0.2, -0.15) is 0 Å². The van der Waals surface area contributed by atoms with Crippen LogP contribution >= 0.6 is 11.6 Å². The minimum atomic E-state index is -0.370. The normalized spacial score (nSPS) is 10.2. The molecule has 4 nitrogen and oxygen atoms in total. The third-order valence-electron chi connectivity index (χ3n) is 2.03. The summed E-state index contributed by atoms with van der Waals surface area (Å²) >= 11 is 5.64. The molecule has 1 N–H and O–H groups in total. The van der Waals surface area contributed by atoms with Gasteiger partial charge in [0, 0.05) is 12.1 Å². The number of rotatable bonds is 4. The number of carbonyl (C=O) groups excluding carboxylic acids is 2. The van der Waals surface area contributed by atoms with E-state index in [1.54, 1.807) is 19.9 Å². The van der Waals surface area contributed by atoms with Crippen molar-refractivity contribution in [2.45, 2.75) is 13.8 Å². The summed E-state index contributed by atoms with van der Waals surface area (Å²) in [5, 5.41) is 2.97. The molecular formula is C11H13ClN2O2. The number of nitrogens with one attached hydrogen (secondary N) is 1. The lowest BCUT2D eigenvalue weighted by Gasteiger charge is -2.05. The molecule has 1 aromatic heterocycles. The highest BCUT2D eigenvalue weighted by atomic mass is 35.5. The summed E-state index contributed by atoms with van der Waals surface area (Å²) < 4.78 is 0. The molecular weight excluding hydrogens is 228 g/mol. The smallest absolute Gasteiger partial charge is 0.270 e. The van der Waals surface area contributed by atoms with Crippen LogP contribution in [0.2, 0.25) is 5.02 Å². The standard InChI is InChI=1S/C11H13ClN2O2/c1-7(2)10(15)6-14-11(16)9-4-3-8(12)5-13-9/h3-5,7H,6H2,1-2H3,(H,14,16). The number of pyridine rings is 1. The van der Waals surface area contributed by atoms with Gasteiger partial charge in [0.1, 0.15) is 5.69 Å². The summed E-state index contributed by atoms with van der Waals surface area (Å²) in [6.45, 7) is 3.60. The van der Waals surface area contributed by atoms with Gasteiger partial charge >= 0.3 is 0 Å². The maximum Gasteiger partial charge on any atom is 0.270 e. The molecule has 0 atom stereocenters. The first kappa shape index (κ1) is 12.6. The summed E-state index contributed by atoms with van der Waals surface area (Å²) in [6, 6.07) is 3.09. The lowest BCUT2D eigenvalue weighted by molar-refractivity contribution is -0.120. The largest absolute Gasteiger partial charge is 0.344 e. The first-order chi connectivity index (χ1) is 7.50. The van der Waals surface area contributed by atoms with E-state index < -0.39 is 0 Å². The molecule has 0 aliphatic carbocycles. The SMILES string of the molecule is CC(C)C(=O)CNC(=O)c1ccc(Cl)cn1. The number of ketones is 1. The second kappa shape index (κ2) is 5.61. The maximum atomic E-state index is 11.5. The molecule has 0 aliphatic heterocycles. The zero-order chi connectivity index (χ0) is 12.1. The highest BCUT2D eigenvalue weighted by Gasteiger charge is 2.11. The van der Waals surface area contributed by atoms with Crippen LogP contribution in [0.5, 0.6) is 0 Å². The molecule has 0 bridgehead atoms. The Morgan fingerprint density at radius 1 is 1.44 bits per heavy atom. The summed E-state index contributed by atoms with van der Waals surface area (Å²) in [6.07, 6.45) is 1.39. The number of nitrogens with zero attached hydrogens (tertiary/aromatic N) is 1. The van der Waals surface area contributed by atoms with Crippen LogP contribution in [0.3, 0.4) is 0 Å². The monoisotopic (exact) mass is 240 g/mol. The average molecular weight is 241 g/mol. The minimum absolute atomic E-state index is 0.0117. The van der Waals surface area contributed by atoms with Crippen molar-refractivity contribution in [2.24, 2.45) is 5.92 Å². The first-order valence-electron chi connectivity index (χ1n) is 4.93. The molecule has 1 aromatic rings. The van der Waals surface area contributed by atoms with Gasteiger partial charge in [0.05, 0.1) is 11.6 Å². The number of amides is 1. The van der Waals surface area contributed by atoms with Gasteiger partial charge in [0.25, 0.3) is 5.91 Å². The van der Waals surface area contributed by atoms with E-state index in [1.165, 1.54) is 12.3 Å². The van der Waals surface area contributed by atoms with Crippen LogP contribution in [0.15, 0.2) is 18.3 Å². The van der Waals surface area contributed by atoms with E-state index in [-0.39, 0.29) is 29.8 Å². The van der Waals surface area contributed by atoms with Gasteiger partial charge in [-0.15, -0.1) is 0 Å². The molecule has 0 saturated heterocycles. The van der Waals surface area contributed by atoms with Gasteiger partial charge in [-0.3, -0.25) is 9.59 Å². The van der Waals surface area contributed by atoms with E-state index >= 15 is 0 Å². The number of halogens is 1. The molecule has 0 saturated carbocycles. The minimum Gasteiger partial charge on any atom is -0.344 e. The van der Waals surface area contributed by atoms with E-state index in [1.807, 2.05) is 0 Å².